The quantitative estimate of drug-likeness (QED) is 0.410. The van der Waals surface area contributed by atoms with Gasteiger partial charge in [0.1, 0.15) is 5.78 Å². The van der Waals surface area contributed by atoms with Crippen LogP contribution in [-0.2, 0) is 4.79 Å². The van der Waals surface area contributed by atoms with E-state index in [0.29, 0.717) is 12.8 Å². The summed E-state index contributed by atoms with van der Waals surface area (Å²) >= 11 is 0. The SMILES string of the molecule is CCC(=O)CC(=NN([Si](C)(C)C)[Si](C)(C)C)c1ccccc1. The van der Waals surface area contributed by atoms with Crippen molar-refractivity contribution in [1.82, 2.24) is 4.34 Å². The van der Waals surface area contributed by atoms with Gasteiger partial charge in [0.05, 0.1) is 12.1 Å². The van der Waals surface area contributed by atoms with Crippen LogP contribution >= 0.6 is 0 Å². The number of benzene rings is 1. The zero-order chi connectivity index (χ0) is 17.0. The number of hydrazone groups is 1. The summed E-state index contributed by atoms with van der Waals surface area (Å²) in [6.45, 7) is 15.8. The van der Waals surface area contributed by atoms with Crippen LogP contribution in [0.4, 0.5) is 0 Å². The average Bonchev–Trinajstić information content (AvgIpc) is 2.41. The number of hydrogen-bond acceptors (Lipinski definition) is 3. The van der Waals surface area contributed by atoms with Crippen molar-refractivity contribution < 1.29 is 4.79 Å². The summed E-state index contributed by atoms with van der Waals surface area (Å²) in [5.41, 5.74) is 1.98. The van der Waals surface area contributed by atoms with E-state index in [1.807, 2.05) is 37.3 Å². The van der Waals surface area contributed by atoms with Gasteiger partial charge in [0, 0.05) is 6.42 Å². The first-order valence-electron chi connectivity index (χ1n) is 8.00. The molecule has 0 fully saturated rings. The molecule has 1 aromatic rings. The second kappa shape index (κ2) is 7.37. The van der Waals surface area contributed by atoms with Crippen molar-refractivity contribution >= 4 is 28.0 Å². The molecule has 0 saturated carbocycles. The molecule has 0 unspecified atom stereocenters. The number of carbonyl (C=O) groups excluding carboxylic acids is 1. The minimum atomic E-state index is -1.58. The third-order valence-electron chi connectivity index (χ3n) is 3.36. The van der Waals surface area contributed by atoms with Crippen LogP contribution < -0.4 is 0 Å². The van der Waals surface area contributed by atoms with E-state index in [9.17, 15) is 4.79 Å². The standard InChI is InChI=1S/C17H30N2OSi2/c1-8-16(20)14-17(15-12-10-9-11-13-15)18-19(21(2,3)4)22(5,6)7/h9-13H,8,14H2,1-7H3. The molecular weight excluding hydrogens is 304 g/mol. The Labute approximate surface area is 137 Å². The Kier molecular flexibility index (Phi) is 6.31. The fraction of sp³-hybridized carbons (Fsp3) is 0.529. The Hall–Kier alpha value is -1.21. The molecule has 5 heteroatoms. The predicted molar refractivity (Wildman–Crippen MR) is 101 cm³/mol. The Morgan fingerprint density at radius 1 is 1.00 bits per heavy atom. The van der Waals surface area contributed by atoms with E-state index >= 15 is 0 Å². The normalized spacial score (nSPS) is 13.1. The van der Waals surface area contributed by atoms with Crippen molar-refractivity contribution in [2.24, 2.45) is 5.10 Å². The lowest BCUT2D eigenvalue weighted by atomic mass is 10.0. The third-order valence-corrected chi connectivity index (χ3v) is 10.1. The summed E-state index contributed by atoms with van der Waals surface area (Å²) in [5.74, 6) is 0.244. The monoisotopic (exact) mass is 334 g/mol. The molecule has 0 N–H and O–H groups in total. The molecule has 0 bridgehead atoms. The molecule has 0 aliphatic carbocycles. The van der Waals surface area contributed by atoms with Crippen LogP contribution in [0.15, 0.2) is 35.4 Å². The highest BCUT2D eigenvalue weighted by atomic mass is 28.4. The minimum absolute atomic E-state index is 0.244. The number of ketones is 1. The van der Waals surface area contributed by atoms with Gasteiger partial charge in [-0.25, -0.2) is 0 Å². The van der Waals surface area contributed by atoms with Gasteiger partial charge in [-0.3, -0.25) is 4.79 Å². The fourth-order valence-corrected chi connectivity index (χ4v) is 11.5. The van der Waals surface area contributed by atoms with Crippen molar-refractivity contribution in [3.8, 4) is 0 Å². The predicted octanol–water partition coefficient (Wildman–Crippen LogP) is 4.73. The van der Waals surface area contributed by atoms with Crippen molar-refractivity contribution in [2.75, 3.05) is 0 Å². The van der Waals surface area contributed by atoms with E-state index in [1.54, 1.807) is 0 Å². The van der Waals surface area contributed by atoms with Crippen molar-refractivity contribution in [3.63, 3.8) is 0 Å². The molecule has 0 spiro atoms. The van der Waals surface area contributed by atoms with Crippen molar-refractivity contribution in [3.05, 3.63) is 35.9 Å². The van der Waals surface area contributed by atoms with Gasteiger partial charge in [-0.2, -0.15) is 5.10 Å². The molecular formula is C17H30N2OSi2. The maximum atomic E-state index is 12.0. The van der Waals surface area contributed by atoms with Crippen LogP contribution in [-0.4, -0.2) is 32.3 Å². The molecule has 0 heterocycles. The van der Waals surface area contributed by atoms with E-state index in [4.69, 9.17) is 5.10 Å². The van der Waals surface area contributed by atoms with Crippen LogP contribution in [0.1, 0.15) is 25.3 Å². The highest BCUT2D eigenvalue weighted by molar-refractivity contribution is 6.89. The van der Waals surface area contributed by atoms with Gasteiger partial charge in [0.2, 0.25) is 0 Å². The molecule has 1 rings (SSSR count). The summed E-state index contributed by atoms with van der Waals surface area (Å²) in [4.78, 5) is 12.0. The van der Waals surface area contributed by atoms with E-state index in [0.717, 1.165) is 11.3 Å². The summed E-state index contributed by atoms with van der Waals surface area (Å²) < 4.78 is 2.38. The van der Waals surface area contributed by atoms with E-state index in [1.165, 1.54) is 0 Å². The Balaban J connectivity index is 3.32. The van der Waals surface area contributed by atoms with Crippen molar-refractivity contribution in [1.29, 1.82) is 0 Å². The largest absolute Gasteiger partial charge is 0.350 e. The minimum Gasteiger partial charge on any atom is -0.350 e. The van der Waals surface area contributed by atoms with Crippen LogP contribution in [0, 0.1) is 0 Å². The smallest absolute Gasteiger partial charge is 0.158 e. The van der Waals surface area contributed by atoms with Gasteiger partial charge >= 0.3 is 0 Å². The number of hydrogen-bond donors (Lipinski definition) is 0. The lowest BCUT2D eigenvalue weighted by molar-refractivity contribution is -0.117. The van der Waals surface area contributed by atoms with Gasteiger partial charge in [-0.05, 0) is 5.56 Å². The molecule has 0 saturated heterocycles. The van der Waals surface area contributed by atoms with Gasteiger partial charge in [0.25, 0.3) is 0 Å². The highest BCUT2D eigenvalue weighted by Gasteiger charge is 2.34. The van der Waals surface area contributed by atoms with Crippen LogP contribution in [0.25, 0.3) is 0 Å². The maximum absolute atomic E-state index is 12.0. The molecule has 0 amide bonds. The number of rotatable bonds is 7. The summed E-state index contributed by atoms with van der Waals surface area (Å²) in [6, 6.07) is 10.1. The summed E-state index contributed by atoms with van der Waals surface area (Å²) in [7, 11) is -3.17. The number of nitrogens with zero attached hydrogens (tertiary/aromatic N) is 2. The van der Waals surface area contributed by atoms with Gasteiger partial charge < -0.3 is 4.34 Å². The Bertz CT molecular complexity index is 514. The summed E-state index contributed by atoms with van der Waals surface area (Å²) in [6.07, 6.45) is 0.984. The second-order valence-corrected chi connectivity index (χ2v) is 17.6. The van der Waals surface area contributed by atoms with Gasteiger partial charge in [0.15, 0.2) is 16.5 Å². The third kappa shape index (κ3) is 5.53. The molecule has 0 atom stereocenters. The zero-order valence-electron chi connectivity index (χ0n) is 15.1. The first-order valence-corrected chi connectivity index (χ1v) is 14.9. The number of carbonyl (C=O) groups is 1. The highest BCUT2D eigenvalue weighted by Crippen LogP contribution is 2.22. The molecule has 0 radical (unpaired) electrons. The molecule has 0 aliphatic heterocycles. The van der Waals surface area contributed by atoms with Crippen LogP contribution in [0.2, 0.25) is 39.3 Å². The molecule has 1 aromatic carbocycles. The summed E-state index contributed by atoms with van der Waals surface area (Å²) in [5, 5.41) is 5.03. The molecule has 0 aliphatic rings. The average molecular weight is 335 g/mol. The molecule has 0 aromatic heterocycles. The maximum Gasteiger partial charge on any atom is 0.158 e. The second-order valence-electron chi connectivity index (χ2n) is 7.64. The Morgan fingerprint density at radius 2 is 1.50 bits per heavy atom. The Morgan fingerprint density at radius 3 is 1.91 bits per heavy atom. The molecule has 22 heavy (non-hydrogen) atoms. The molecule has 122 valence electrons. The van der Waals surface area contributed by atoms with E-state index < -0.39 is 16.5 Å². The molecule has 3 nitrogen and oxygen atoms in total. The van der Waals surface area contributed by atoms with Crippen LogP contribution in [0.3, 0.4) is 0 Å². The van der Waals surface area contributed by atoms with Gasteiger partial charge in [-0.15, -0.1) is 0 Å². The lowest BCUT2D eigenvalue weighted by Gasteiger charge is -2.42. The fourth-order valence-electron chi connectivity index (χ4n) is 2.56. The van der Waals surface area contributed by atoms with E-state index in [2.05, 4.69) is 43.6 Å². The van der Waals surface area contributed by atoms with Crippen molar-refractivity contribution in [2.45, 2.75) is 59.0 Å². The first kappa shape index (κ1) is 18.8. The first-order chi connectivity index (χ1) is 10.1. The number of Topliss-reactive ketones (excluding diaryl/α,β-unsaturated/α-hetero) is 1. The lowest BCUT2D eigenvalue weighted by Crippen LogP contribution is -2.56. The van der Waals surface area contributed by atoms with E-state index in [-0.39, 0.29) is 5.78 Å². The van der Waals surface area contributed by atoms with Crippen LogP contribution in [0.5, 0.6) is 0 Å². The van der Waals surface area contributed by atoms with Gasteiger partial charge in [-0.1, -0.05) is 76.5 Å². The topological polar surface area (TPSA) is 32.7 Å². The zero-order valence-corrected chi connectivity index (χ0v) is 17.1.